The summed E-state index contributed by atoms with van der Waals surface area (Å²) < 4.78 is 7.70. The average Bonchev–Trinajstić information content (AvgIpc) is 3.54. The highest BCUT2D eigenvalue weighted by molar-refractivity contribution is 5.79. The molecule has 1 amide bonds. The molecular weight excluding hydrogens is 410 g/mol. The number of oxazole rings is 1. The Hall–Kier alpha value is -4.23. The number of likely N-dealkylation sites (tertiary alicyclic amines) is 1. The molecule has 2 N–H and O–H groups in total. The van der Waals surface area contributed by atoms with Gasteiger partial charge in [0.15, 0.2) is 17.1 Å². The molecule has 2 unspecified atom stereocenters. The second-order valence-electron chi connectivity index (χ2n) is 7.56. The third-order valence-electron chi connectivity index (χ3n) is 5.92. The number of nitrogens with two attached hydrogens (primary N) is 1. The molecule has 5 rings (SSSR count). The van der Waals surface area contributed by atoms with Gasteiger partial charge < -0.3 is 9.25 Å². The number of nitriles is 1. The fraction of sp³-hybridized carbons (Fsp3) is 0.227. The standard InChI is InChI=1S/C22H19N7O3/c23-12-15-4-1-6-18-19(15)31-20(27-18)16-7-8-22(29-11-3-10-26-29,17-5-2-9-25-13-17)28(14-16)21(30)32-24/h1-6,9-11,13,16H,7-8,14,24H2. The normalized spacial score (nSPS) is 20.8. The SMILES string of the molecule is N#Cc1cccc2nc(C3CCC(c4cccnc4)(n4cccn4)N(C(=O)ON)C3)oc12. The Morgan fingerprint density at radius 2 is 2.19 bits per heavy atom. The molecule has 0 bridgehead atoms. The van der Waals surface area contributed by atoms with E-state index in [1.54, 1.807) is 53.7 Å². The summed E-state index contributed by atoms with van der Waals surface area (Å²) in [6.07, 6.45) is 7.24. The zero-order valence-corrected chi connectivity index (χ0v) is 17.0. The van der Waals surface area contributed by atoms with Crippen molar-refractivity contribution < 1.29 is 14.0 Å². The summed E-state index contributed by atoms with van der Waals surface area (Å²) in [6.45, 7) is 0.222. The van der Waals surface area contributed by atoms with Gasteiger partial charge in [-0.1, -0.05) is 12.1 Å². The van der Waals surface area contributed by atoms with E-state index in [-0.39, 0.29) is 12.5 Å². The number of hydrogen-bond donors (Lipinski definition) is 1. The number of piperidine rings is 1. The summed E-state index contributed by atoms with van der Waals surface area (Å²) >= 11 is 0. The van der Waals surface area contributed by atoms with Crippen LogP contribution >= 0.6 is 0 Å². The molecule has 4 aromatic rings. The minimum Gasteiger partial charge on any atom is -0.439 e. The molecule has 2 atom stereocenters. The number of para-hydroxylation sites is 1. The first-order valence-electron chi connectivity index (χ1n) is 10.1. The lowest BCUT2D eigenvalue weighted by molar-refractivity contribution is -0.00890. The van der Waals surface area contributed by atoms with Gasteiger partial charge in [0, 0.05) is 36.9 Å². The molecule has 1 saturated heterocycles. The van der Waals surface area contributed by atoms with Crippen molar-refractivity contribution in [1.82, 2.24) is 24.6 Å². The predicted octanol–water partition coefficient (Wildman–Crippen LogP) is 2.88. The minimum absolute atomic E-state index is 0.222. The number of carbonyl (C=O) groups is 1. The van der Waals surface area contributed by atoms with Crippen LogP contribution in [0.3, 0.4) is 0 Å². The van der Waals surface area contributed by atoms with Crippen LogP contribution in [0, 0.1) is 11.3 Å². The molecule has 1 aromatic carbocycles. The van der Waals surface area contributed by atoms with Crippen molar-refractivity contribution in [2.75, 3.05) is 6.54 Å². The summed E-state index contributed by atoms with van der Waals surface area (Å²) in [5.74, 6) is 5.56. The number of carbonyl (C=O) groups excluding carboxylic acids is 1. The minimum atomic E-state index is -0.978. The van der Waals surface area contributed by atoms with Crippen LogP contribution in [-0.4, -0.2) is 37.3 Å². The van der Waals surface area contributed by atoms with Crippen LogP contribution in [-0.2, 0) is 10.5 Å². The van der Waals surface area contributed by atoms with Crippen LogP contribution in [0.4, 0.5) is 4.79 Å². The average molecular weight is 429 g/mol. The quantitative estimate of drug-likeness (QED) is 0.491. The Labute approximate surface area is 182 Å². The van der Waals surface area contributed by atoms with Gasteiger partial charge in [-0.25, -0.2) is 14.5 Å². The van der Waals surface area contributed by atoms with E-state index in [4.69, 9.17) is 10.3 Å². The lowest BCUT2D eigenvalue weighted by Crippen LogP contribution is -2.59. The molecular formula is C22H19N7O3. The van der Waals surface area contributed by atoms with Crippen LogP contribution in [0.15, 0.2) is 65.6 Å². The van der Waals surface area contributed by atoms with E-state index in [2.05, 4.69) is 26.0 Å². The van der Waals surface area contributed by atoms with Gasteiger partial charge in [-0.15, -0.1) is 0 Å². The summed E-state index contributed by atoms with van der Waals surface area (Å²) in [6, 6.07) is 12.9. The Morgan fingerprint density at radius 3 is 2.91 bits per heavy atom. The molecule has 3 aromatic heterocycles. The zero-order chi connectivity index (χ0) is 22.1. The highest BCUT2D eigenvalue weighted by Crippen LogP contribution is 2.43. The van der Waals surface area contributed by atoms with Gasteiger partial charge in [-0.05, 0) is 37.1 Å². The van der Waals surface area contributed by atoms with Gasteiger partial charge in [0.05, 0.1) is 11.5 Å². The van der Waals surface area contributed by atoms with E-state index < -0.39 is 11.8 Å². The number of hydrogen-bond acceptors (Lipinski definition) is 8. The van der Waals surface area contributed by atoms with Gasteiger partial charge in [0.1, 0.15) is 11.6 Å². The number of benzene rings is 1. The first kappa shape index (κ1) is 19.7. The molecule has 1 fully saturated rings. The van der Waals surface area contributed by atoms with E-state index in [0.29, 0.717) is 35.4 Å². The number of rotatable bonds is 3. The largest absolute Gasteiger partial charge is 0.439 e. The first-order valence-corrected chi connectivity index (χ1v) is 10.1. The maximum atomic E-state index is 12.9. The van der Waals surface area contributed by atoms with Crippen LogP contribution in [0.2, 0.25) is 0 Å². The Kier molecular flexibility index (Phi) is 4.80. The molecule has 0 spiro atoms. The second-order valence-corrected chi connectivity index (χ2v) is 7.56. The van der Waals surface area contributed by atoms with E-state index in [0.717, 1.165) is 5.56 Å². The third-order valence-corrected chi connectivity index (χ3v) is 5.92. The predicted molar refractivity (Wildman–Crippen MR) is 112 cm³/mol. The number of aromatic nitrogens is 4. The number of amides is 1. The fourth-order valence-corrected chi connectivity index (χ4v) is 4.45. The van der Waals surface area contributed by atoms with Crippen LogP contribution in [0.25, 0.3) is 11.1 Å². The van der Waals surface area contributed by atoms with Crippen LogP contribution in [0.5, 0.6) is 0 Å². The molecule has 1 aliphatic rings. The van der Waals surface area contributed by atoms with E-state index >= 15 is 0 Å². The molecule has 32 heavy (non-hydrogen) atoms. The number of nitrogens with zero attached hydrogens (tertiary/aromatic N) is 6. The van der Waals surface area contributed by atoms with Gasteiger partial charge in [-0.3, -0.25) is 9.88 Å². The Balaban J connectivity index is 1.60. The zero-order valence-electron chi connectivity index (χ0n) is 17.0. The molecule has 4 heterocycles. The molecule has 10 heteroatoms. The highest BCUT2D eigenvalue weighted by atomic mass is 16.7. The van der Waals surface area contributed by atoms with Crippen molar-refractivity contribution in [3.63, 3.8) is 0 Å². The molecule has 1 aliphatic heterocycles. The van der Waals surface area contributed by atoms with Crippen molar-refractivity contribution in [3.8, 4) is 6.07 Å². The van der Waals surface area contributed by atoms with Crippen molar-refractivity contribution in [2.24, 2.45) is 5.90 Å². The van der Waals surface area contributed by atoms with Crippen molar-refractivity contribution in [1.29, 1.82) is 5.26 Å². The smallest absolute Gasteiger partial charge is 0.430 e. The lowest BCUT2D eigenvalue weighted by atomic mass is 9.84. The summed E-state index contributed by atoms with van der Waals surface area (Å²) in [5, 5.41) is 13.8. The first-order chi connectivity index (χ1) is 15.7. The topological polar surface area (TPSA) is 136 Å². The highest BCUT2D eigenvalue weighted by Gasteiger charge is 2.50. The van der Waals surface area contributed by atoms with Crippen molar-refractivity contribution in [2.45, 2.75) is 24.4 Å². The molecule has 10 nitrogen and oxygen atoms in total. The van der Waals surface area contributed by atoms with Crippen LogP contribution < -0.4 is 5.90 Å². The molecule has 0 aliphatic carbocycles. The van der Waals surface area contributed by atoms with E-state index in [1.807, 2.05) is 12.1 Å². The maximum Gasteiger partial charge on any atom is 0.430 e. The second kappa shape index (κ2) is 7.79. The van der Waals surface area contributed by atoms with Gasteiger partial charge in [-0.2, -0.15) is 16.3 Å². The Bertz CT molecular complexity index is 1300. The van der Waals surface area contributed by atoms with Crippen molar-refractivity contribution in [3.05, 3.63) is 78.2 Å². The third kappa shape index (κ3) is 2.99. The fourth-order valence-electron chi connectivity index (χ4n) is 4.45. The van der Waals surface area contributed by atoms with Gasteiger partial charge in [0.2, 0.25) is 0 Å². The van der Waals surface area contributed by atoms with Gasteiger partial charge >= 0.3 is 6.09 Å². The van der Waals surface area contributed by atoms with Crippen LogP contribution in [0.1, 0.15) is 35.8 Å². The Morgan fingerprint density at radius 1 is 1.28 bits per heavy atom. The van der Waals surface area contributed by atoms with E-state index in [1.165, 1.54) is 4.90 Å². The number of pyridine rings is 1. The number of fused-ring (bicyclic) bond motifs is 1. The summed E-state index contributed by atoms with van der Waals surface area (Å²) in [7, 11) is 0. The monoisotopic (exact) mass is 429 g/mol. The van der Waals surface area contributed by atoms with Gasteiger partial charge in [0.25, 0.3) is 0 Å². The molecule has 160 valence electrons. The molecule has 0 radical (unpaired) electrons. The lowest BCUT2D eigenvalue weighted by Gasteiger charge is -2.47. The molecule has 0 saturated carbocycles. The van der Waals surface area contributed by atoms with Crippen molar-refractivity contribution >= 4 is 17.2 Å². The summed E-state index contributed by atoms with van der Waals surface area (Å²) in [4.78, 5) is 28.0. The summed E-state index contributed by atoms with van der Waals surface area (Å²) in [5.41, 5.74) is 1.25. The van der Waals surface area contributed by atoms with E-state index in [9.17, 15) is 10.1 Å². The maximum absolute atomic E-state index is 12.9.